The lowest BCUT2D eigenvalue weighted by molar-refractivity contribution is -0.265. The number of nitrogens with zero attached hydrogens (tertiary/aromatic N) is 6. The molecule has 18 nitrogen and oxygen atoms in total. The van der Waals surface area contributed by atoms with Gasteiger partial charge in [-0.05, 0) is 81.9 Å². The summed E-state index contributed by atoms with van der Waals surface area (Å²) in [5, 5.41) is 64.7. The number of fused-ring (bicyclic) bond motifs is 3. The van der Waals surface area contributed by atoms with Crippen molar-refractivity contribution in [3.8, 4) is 34.5 Å². The molecule has 0 heterocycles. The number of benzene rings is 7. The highest BCUT2D eigenvalue weighted by Gasteiger charge is 2.29. The van der Waals surface area contributed by atoms with E-state index in [1.165, 1.54) is 48.5 Å². The number of hydrogen-bond acceptors (Lipinski definition) is 15. The first-order valence-corrected chi connectivity index (χ1v) is 20.0. The quantitative estimate of drug-likeness (QED) is 0.117. The first kappa shape index (κ1) is 37.5. The van der Waals surface area contributed by atoms with E-state index in [9.17, 15) is 46.0 Å². The van der Waals surface area contributed by atoms with Crippen molar-refractivity contribution in [3.63, 3.8) is 0 Å². The number of diazo groups is 3. The Morgan fingerprint density at radius 3 is 1.12 bits per heavy atom. The summed E-state index contributed by atoms with van der Waals surface area (Å²) >= 11 is 0. The molecule has 0 saturated heterocycles. The highest BCUT2D eigenvalue weighted by atomic mass is 32.2. The van der Waals surface area contributed by atoms with Crippen molar-refractivity contribution in [2.45, 2.75) is 14.7 Å². The zero-order valence-electron chi connectivity index (χ0n) is 28.2. The summed E-state index contributed by atoms with van der Waals surface area (Å²) in [4.78, 5) is 6.92. The lowest BCUT2D eigenvalue weighted by Gasteiger charge is -2.17. The summed E-state index contributed by atoms with van der Waals surface area (Å²) in [6.07, 6.45) is 0. The van der Waals surface area contributed by atoms with Crippen LogP contribution in [0.25, 0.3) is 47.2 Å². The lowest BCUT2D eigenvalue weighted by atomic mass is 10.1. The lowest BCUT2D eigenvalue weighted by Crippen LogP contribution is -2.15. The summed E-state index contributed by atoms with van der Waals surface area (Å²) in [6, 6.07) is 19.8. The maximum absolute atomic E-state index is 13.9. The third-order valence-electron chi connectivity index (χ3n) is 8.51. The fourth-order valence-corrected chi connectivity index (χ4v) is 9.38. The van der Waals surface area contributed by atoms with E-state index in [4.69, 9.17) is 23.3 Å². The summed E-state index contributed by atoms with van der Waals surface area (Å²) in [5.41, 5.74) is -1.15. The standard InChI is InChI=1S/C36H18N6O12S3/c37-40-26-14-11-20-23(34(26)43)4-1-7-31(20)55(46,47)52-19-10-17-29(53-56(48,49)32-8-2-5-24-21(32)12-15-27(41-38)35(24)44)30(18-19)54-57(50,51)33-9-3-6-25-22(33)13-16-28(42-39)36(25)45/h1-18H. The van der Waals surface area contributed by atoms with Gasteiger partial charge >= 0.3 is 47.4 Å². The predicted molar refractivity (Wildman–Crippen MR) is 194 cm³/mol. The molecule has 0 aromatic heterocycles. The number of rotatable bonds is 9. The first-order chi connectivity index (χ1) is 27.1. The maximum Gasteiger partial charge on any atom is 0.378 e. The molecular weight excluding hydrogens is 805 g/mol. The van der Waals surface area contributed by atoms with Gasteiger partial charge in [0.1, 0.15) is 20.4 Å². The van der Waals surface area contributed by atoms with Crippen molar-refractivity contribution >= 4 is 79.7 Å². The van der Waals surface area contributed by atoms with Crippen molar-refractivity contribution < 1.29 is 53.1 Å². The second-order valence-corrected chi connectivity index (χ2v) is 16.4. The van der Waals surface area contributed by atoms with Crippen molar-refractivity contribution in [2.24, 2.45) is 0 Å². The summed E-state index contributed by atoms with van der Waals surface area (Å²) in [7, 11) is -14.9. The zero-order valence-corrected chi connectivity index (χ0v) is 30.6. The SMILES string of the molecule is N#[N+]c1ccc2c(S(=O)(=O)Oc3ccc(OS(=O)(=O)c4cccc5c([O-])c([N+]#N)ccc45)c(OS(=O)(=O)c4cccc5c([O-])c([N+]#N)ccc45)c3)cccc2c1[O-]. The monoisotopic (exact) mass is 822 g/mol. The molecule has 7 aromatic carbocycles. The van der Waals surface area contributed by atoms with Gasteiger partial charge in [-0.1, -0.05) is 36.4 Å². The molecule has 7 rings (SSSR count). The Morgan fingerprint density at radius 2 is 0.754 bits per heavy atom. The van der Waals surface area contributed by atoms with E-state index in [0.29, 0.717) is 6.07 Å². The second-order valence-electron chi connectivity index (χ2n) is 11.8. The van der Waals surface area contributed by atoms with Crippen LogP contribution in [0.5, 0.6) is 34.5 Å². The van der Waals surface area contributed by atoms with E-state index in [1.807, 2.05) is 0 Å². The van der Waals surface area contributed by atoms with Crippen LogP contribution in [0, 0.1) is 16.2 Å². The highest BCUT2D eigenvalue weighted by molar-refractivity contribution is 7.88. The van der Waals surface area contributed by atoms with E-state index < -0.39 is 85.2 Å². The average Bonchev–Trinajstić information content (AvgIpc) is 3.18. The van der Waals surface area contributed by atoms with Crippen LogP contribution >= 0.6 is 0 Å². The van der Waals surface area contributed by atoms with Gasteiger partial charge in [-0.25, -0.2) is 0 Å². The Labute approximate surface area is 321 Å². The Balaban J connectivity index is 1.35. The smallest absolute Gasteiger partial charge is 0.378 e. The molecule has 0 saturated carbocycles. The first-order valence-electron chi connectivity index (χ1n) is 15.8. The molecule has 0 radical (unpaired) electrons. The maximum atomic E-state index is 13.9. The van der Waals surface area contributed by atoms with Crippen LogP contribution in [0.1, 0.15) is 0 Å². The molecule has 0 aliphatic rings. The third kappa shape index (κ3) is 6.57. The molecule has 57 heavy (non-hydrogen) atoms. The van der Waals surface area contributed by atoms with Gasteiger partial charge < -0.3 is 27.9 Å². The van der Waals surface area contributed by atoms with Crippen LogP contribution in [0.2, 0.25) is 0 Å². The van der Waals surface area contributed by atoms with Crippen molar-refractivity contribution in [1.82, 2.24) is 0 Å². The zero-order chi connectivity index (χ0) is 40.9. The van der Waals surface area contributed by atoms with Gasteiger partial charge in [0.2, 0.25) is 16.2 Å². The molecule has 7 aromatic rings. The van der Waals surface area contributed by atoms with Gasteiger partial charge in [0.15, 0.2) is 26.4 Å². The molecule has 21 heteroatoms. The molecule has 0 aliphatic heterocycles. The molecule has 0 spiro atoms. The fourth-order valence-electron chi connectivity index (χ4n) is 5.93. The van der Waals surface area contributed by atoms with Gasteiger partial charge in [-0.3, -0.25) is 0 Å². The van der Waals surface area contributed by atoms with Crippen LogP contribution in [0.15, 0.2) is 124 Å². The van der Waals surface area contributed by atoms with Gasteiger partial charge in [-0.15, -0.1) is 0 Å². The largest absolute Gasteiger partial charge is 0.867 e. The molecule has 0 fully saturated rings. The minimum Gasteiger partial charge on any atom is -0.867 e. The van der Waals surface area contributed by atoms with Crippen molar-refractivity contribution in [3.05, 3.63) is 124 Å². The van der Waals surface area contributed by atoms with E-state index >= 15 is 0 Å². The van der Waals surface area contributed by atoms with E-state index in [-0.39, 0.29) is 43.7 Å². The normalized spacial score (nSPS) is 11.7. The van der Waals surface area contributed by atoms with Crippen molar-refractivity contribution in [2.75, 3.05) is 0 Å². The molecule has 0 N–H and O–H groups in total. The van der Waals surface area contributed by atoms with E-state index in [2.05, 4.69) is 14.9 Å². The topological polar surface area (TPSA) is 284 Å². The Bertz CT molecular complexity index is 3360. The molecule has 0 aliphatic carbocycles. The summed E-state index contributed by atoms with van der Waals surface area (Å²) < 4.78 is 98.7. The molecule has 0 atom stereocenters. The van der Waals surface area contributed by atoms with Crippen LogP contribution in [-0.4, -0.2) is 25.3 Å². The molecule has 0 bridgehead atoms. The molecule has 282 valence electrons. The minimum atomic E-state index is -5.07. The van der Waals surface area contributed by atoms with Gasteiger partial charge in [0.05, 0.1) is 0 Å². The van der Waals surface area contributed by atoms with Gasteiger partial charge in [0, 0.05) is 40.4 Å². The van der Waals surface area contributed by atoms with Crippen molar-refractivity contribution in [1.29, 1.82) is 16.2 Å². The second kappa shape index (κ2) is 13.8. The van der Waals surface area contributed by atoms with Crippen LogP contribution in [-0.2, 0) is 30.4 Å². The Hall–Kier alpha value is -7.77. The van der Waals surface area contributed by atoms with Gasteiger partial charge in [0.25, 0.3) is 0 Å². The minimum absolute atomic E-state index is 0.123. The Morgan fingerprint density at radius 1 is 0.404 bits per heavy atom. The fraction of sp³-hybridized carbons (Fsp3) is 0. The third-order valence-corrected chi connectivity index (χ3v) is 12.4. The number of hydrogen-bond donors (Lipinski definition) is 0. The molecular formula is C36H18N6O12S3. The van der Waals surface area contributed by atoms with E-state index in [0.717, 1.165) is 54.6 Å². The van der Waals surface area contributed by atoms with E-state index in [1.54, 1.807) is 0 Å². The highest BCUT2D eigenvalue weighted by Crippen LogP contribution is 2.42. The van der Waals surface area contributed by atoms with Gasteiger partial charge in [-0.2, -0.15) is 25.3 Å². The molecule has 0 unspecified atom stereocenters. The summed E-state index contributed by atoms with van der Waals surface area (Å²) in [6.45, 7) is 0. The molecule has 0 amide bonds. The van der Waals surface area contributed by atoms with Crippen LogP contribution in [0.3, 0.4) is 0 Å². The van der Waals surface area contributed by atoms with Crippen LogP contribution < -0.4 is 27.9 Å². The van der Waals surface area contributed by atoms with Crippen LogP contribution in [0.4, 0.5) is 17.1 Å². The predicted octanol–water partition coefficient (Wildman–Crippen LogP) is 6.12. The Kier molecular flexibility index (Phi) is 9.10. The summed E-state index contributed by atoms with van der Waals surface area (Å²) in [5.74, 6) is -4.84. The average molecular weight is 823 g/mol.